The first-order valence-electron chi connectivity index (χ1n) is 7.01. The third kappa shape index (κ3) is 2.47. The maximum atomic E-state index is 11.6. The molecule has 0 bridgehead atoms. The van der Waals surface area contributed by atoms with Gasteiger partial charge in [0.25, 0.3) is 0 Å². The molecule has 0 fully saturated rings. The Bertz CT molecular complexity index is 732. The predicted octanol–water partition coefficient (Wildman–Crippen LogP) is 4.21. The van der Waals surface area contributed by atoms with E-state index in [-0.39, 0.29) is 0 Å². The summed E-state index contributed by atoms with van der Waals surface area (Å²) in [5, 5.41) is 12.1. The number of nitrogen functional groups attached to an aromatic ring is 1. The Hall–Kier alpha value is -2.29. The van der Waals surface area contributed by atoms with Gasteiger partial charge in [-0.25, -0.2) is 0 Å². The molecule has 0 heterocycles. The van der Waals surface area contributed by atoms with Gasteiger partial charge in [0.15, 0.2) is 0 Å². The highest BCUT2D eigenvalue weighted by Gasteiger charge is 2.35. The summed E-state index contributed by atoms with van der Waals surface area (Å²) in [4.78, 5) is 0. The second-order valence-electron chi connectivity index (χ2n) is 5.17. The highest BCUT2D eigenvalue weighted by Crippen LogP contribution is 2.40. The van der Waals surface area contributed by atoms with E-state index in [2.05, 4.69) is 0 Å². The smallest absolute Gasteiger partial charge is 0.142 e. The molecule has 3 rings (SSSR count). The quantitative estimate of drug-likeness (QED) is 0.562. The number of hydrogen-bond acceptors (Lipinski definition) is 2. The minimum atomic E-state index is -1.35. The minimum Gasteiger partial charge on any atom is -0.398 e. The molecule has 0 aliphatic carbocycles. The second-order valence-corrected chi connectivity index (χ2v) is 5.61. The molecule has 3 heteroatoms. The van der Waals surface area contributed by atoms with Gasteiger partial charge in [0.05, 0.1) is 0 Å². The van der Waals surface area contributed by atoms with Crippen LogP contribution in [0, 0.1) is 0 Å². The number of rotatable bonds is 3. The zero-order chi connectivity index (χ0) is 15.6. The fraction of sp³-hybridized carbons (Fsp3) is 0.0526. The van der Waals surface area contributed by atoms with Crippen molar-refractivity contribution in [1.82, 2.24) is 0 Å². The standard InChI is InChI=1S/C19H16ClNO/c20-16-11-12-18(21)17(13-16)19(22,14-7-3-1-4-8-14)15-9-5-2-6-10-15/h1-13,22H,21H2. The molecule has 0 radical (unpaired) electrons. The van der Waals surface area contributed by atoms with Crippen LogP contribution in [0.1, 0.15) is 16.7 Å². The van der Waals surface area contributed by atoms with Crippen molar-refractivity contribution in [3.63, 3.8) is 0 Å². The Morgan fingerprint density at radius 3 is 1.77 bits per heavy atom. The van der Waals surface area contributed by atoms with Crippen LogP contribution in [-0.4, -0.2) is 5.11 Å². The monoisotopic (exact) mass is 309 g/mol. The van der Waals surface area contributed by atoms with Crippen LogP contribution in [0.3, 0.4) is 0 Å². The van der Waals surface area contributed by atoms with E-state index in [4.69, 9.17) is 17.3 Å². The summed E-state index contributed by atoms with van der Waals surface area (Å²) in [6, 6.07) is 24.1. The van der Waals surface area contributed by atoms with Gasteiger partial charge in [-0.05, 0) is 29.3 Å². The lowest BCUT2D eigenvalue weighted by Gasteiger charge is -2.31. The van der Waals surface area contributed by atoms with E-state index in [0.717, 1.165) is 11.1 Å². The molecular weight excluding hydrogens is 294 g/mol. The van der Waals surface area contributed by atoms with Crippen LogP contribution in [0.2, 0.25) is 5.02 Å². The summed E-state index contributed by atoms with van der Waals surface area (Å²) in [6.45, 7) is 0. The van der Waals surface area contributed by atoms with Gasteiger partial charge in [-0.1, -0.05) is 72.3 Å². The summed E-state index contributed by atoms with van der Waals surface area (Å²) < 4.78 is 0. The van der Waals surface area contributed by atoms with E-state index in [1.54, 1.807) is 18.2 Å². The van der Waals surface area contributed by atoms with Crippen LogP contribution in [0.25, 0.3) is 0 Å². The van der Waals surface area contributed by atoms with Gasteiger partial charge in [-0.3, -0.25) is 0 Å². The van der Waals surface area contributed by atoms with Gasteiger partial charge >= 0.3 is 0 Å². The van der Waals surface area contributed by atoms with Gasteiger partial charge in [-0.2, -0.15) is 0 Å². The lowest BCUT2D eigenvalue weighted by atomic mass is 9.80. The first kappa shape index (κ1) is 14.6. The number of aliphatic hydroxyl groups is 1. The van der Waals surface area contributed by atoms with Crippen LogP contribution in [0.15, 0.2) is 78.9 Å². The van der Waals surface area contributed by atoms with E-state index in [9.17, 15) is 5.11 Å². The fourth-order valence-corrected chi connectivity index (χ4v) is 2.85. The molecule has 0 saturated carbocycles. The van der Waals surface area contributed by atoms with Crippen molar-refractivity contribution in [2.24, 2.45) is 0 Å². The van der Waals surface area contributed by atoms with Gasteiger partial charge in [-0.15, -0.1) is 0 Å². The predicted molar refractivity (Wildman–Crippen MR) is 90.8 cm³/mol. The largest absolute Gasteiger partial charge is 0.398 e. The van der Waals surface area contributed by atoms with Crippen molar-refractivity contribution in [3.05, 3.63) is 101 Å². The number of benzene rings is 3. The molecule has 0 unspecified atom stereocenters. The van der Waals surface area contributed by atoms with Crippen molar-refractivity contribution in [1.29, 1.82) is 0 Å². The van der Waals surface area contributed by atoms with Crippen molar-refractivity contribution in [3.8, 4) is 0 Å². The summed E-state index contributed by atoms with van der Waals surface area (Å²) >= 11 is 6.13. The molecular formula is C19H16ClNO. The van der Waals surface area contributed by atoms with Crippen molar-refractivity contribution < 1.29 is 5.11 Å². The van der Waals surface area contributed by atoms with E-state index >= 15 is 0 Å². The molecule has 0 atom stereocenters. The summed E-state index contributed by atoms with van der Waals surface area (Å²) in [5.41, 5.74) is 7.35. The first-order valence-corrected chi connectivity index (χ1v) is 7.39. The molecule has 3 N–H and O–H groups in total. The molecule has 3 aromatic rings. The van der Waals surface area contributed by atoms with E-state index < -0.39 is 5.60 Å². The molecule has 3 aromatic carbocycles. The highest BCUT2D eigenvalue weighted by atomic mass is 35.5. The minimum absolute atomic E-state index is 0.500. The number of hydrogen-bond donors (Lipinski definition) is 2. The van der Waals surface area contributed by atoms with Crippen LogP contribution < -0.4 is 5.73 Å². The van der Waals surface area contributed by atoms with Crippen LogP contribution in [0.5, 0.6) is 0 Å². The maximum absolute atomic E-state index is 11.6. The topological polar surface area (TPSA) is 46.2 Å². The molecule has 110 valence electrons. The Labute approximate surface area is 134 Å². The Balaban J connectivity index is 2.31. The average molecular weight is 310 g/mol. The third-order valence-electron chi connectivity index (χ3n) is 3.79. The maximum Gasteiger partial charge on any atom is 0.142 e. The van der Waals surface area contributed by atoms with Crippen molar-refractivity contribution in [2.45, 2.75) is 5.60 Å². The van der Waals surface area contributed by atoms with E-state index in [1.807, 2.05) is 60.7 Å². The molecule has 0 spiro atoms. The molecule has 0 aromatic heterocycles. The Morgan fingerprint density at radius 2 is 1.27 bits per heavy atom. The van der Waals surface area contributed by atoms with Crippen molar-refractivity contribution in [2.75, 3.05) is 5.73 Å². The molecule has 22 heavy (non-hydrogen) atoms. The van der Waals surface area contributed by atoms with Gasteiger partial charge in [0.2, 0.25) is 0 Å². The lowest BCUT2D eigenvalue weighted by molar-refractivity contribution is 0.126. The normalized spacial score (nSPS) is 11.4. The number of anilines is 1. The highest BCUT2D eigenvalue weighted by molar-refractivity contribution is 6.30. The molecule has 0 aliphatic heterocycles. The van der Waals surface area contributed by atoms with Gasteiger partial charge < -0.3 is 10.8 Å². The van der Waals surface area contributed by atoms with Crippen LogP contribution in [0.4, 0.5) is 5.69 Å². The van der Waals surface area contributed by atoms with Gasteiger partial charge in [0, 0.05) is 16.3 Å². The van der Waals surface area contributed by atoms with Crippen LogP contribution in [-0.2, 0) is 5.60 Å². The van der Waals surface area contributed by atoms with Crippen LogP contribution >= 0.6 is 11.6 Å². The Kier molecular flexibility index (Phi) is 3.88. The molecule has 0 amide bonds. The Morgan fingerprint density at radius 1 is 0.773 bits per heavy atom. The fourth-order valence-electron chi connectivity index (χ4n) is 2.68. The summed E-state index contributed by atoms with van der Waals surface area (Å²) in [7, 11) is 0. The van der Waals surface area contributed by atoms with E-state index in [1.165, 1.54) is 0 Å². The summed E-state index contributed by atoms with van der Waals surface area (Å²) in [5.74, 6) is 0. The molecule has 0 aliphatic rings. The van der Waals surface area contributed by atoms with E-state index in [0.29, 0.717) is 16.3 Å². The number of nitrogens with two attached hydrogens (primary N) is 1. The second kappa shape index (κ2) is 5.84. The molecule has 2 nitrogen and oxygen atoms in total. The third-order valence-corrected chi connectivity index (χ3v) is 4.02. The average Bonchev–Trinajstić information content (AvgIpc) is 2.58. The summed E-state index contributed by atoms with van der Waals surface area (Å²) in [6.07, 6.45) is 0. The first-order chi connectivity index (χ1) is 10.6. The van der Waals surface area contributed by atoms with Crippen molar-refractivity contribution >= 4 is 17.3 Å². The van der Waals surface area contributed by atoms with Gasteiger partial charge in [0.1, 0.15) is 5.60 Å². The lowest BCUT2D eigenvalue weighted by Crippen LogP contribution is -2.29. The number of halogens is 1. The zero-order valence-corrected chi connectivity index (χ0v) is 12.7. The zero-order valence-electron chi connectivity index (χ0n) is 11.9. The SMILES string of the molecule is Nc1ccc(Cl)cc1C(O)(c1ccccc1)c1ccccc1. The molecule has 0 saturated heterocycles.